The van der Waals surface area contributed by atoms with Crippen LogP contribution in [0.3, 0.4) is 0 Å². The monoisotopic (exact) mass is 261 g/mol. The highest BCUT2D eigenvalue weighted by molar-refractivity contribution is 9.09. The van der Waals surface area contributed by atoms with E-state index < -0.39 is 6.30 Å². The lowest BCUT2D eigenvalue weighted by molar-refractivity contribution is -0.240. The predicted molar refractivity (Wildman–Crippen MR) is 45.8 cm³/mol. The van der Waals surface area contributed by atoms with Crippen molar-refractivity contribution >= 4 is 15.9 Å². The Morgan fingerprint density at radius 3 is 2.62 bits per heavy atom. The van der Waals surface area contributed by atoms with Crippen LogP contribution in [0.2, 0.25) is 0 Å². The number of halogens is 4. The van der Waals surface area contributed by atoms with Gasteiger partial charge in [0.1, 0.15) is 0 Å². The summed E-state index contributed by atoms with van der Waals surface area (Å²) in [5.41, 5.74) is 0. The van der Waals surface area contributed by atoms with E-state index in [9.17, 15) is 13.2 Å². The van der Waals surface area contributed by atoms with Gasteiger partial charge in [0.15, 0.2) is 0 Å². The van der Waals surface area contributed by atoms with Crippen LogP contribution in [0.15, 0.2) is 0 Å². The van der Waals surface area contributed by atoms with Gasteiger partial charge in [-0.25, -0.2) is 4.90 Å². The fraction of sp³-hybridized carbons (Fsp3) is 1.00. The van der Waals surface area contributed by atoms with Gasteiger partial charge >= 0.3 is 6.30 Å². The fourth-order valence-electron chi connectivity index (χ4n) is 1.31. The SMILES string of the molecule is FC(F)(F)N1CC[C@H](OCCBr)C1. The van der Waals surface area contributed by atoms with Crippen molar-refractivity contribution in [2.45, 2.75) is 18.8 Å². The molecule has 1 atom stereocenters. The second-order valence-corrected chi connectivity index (χ2v) is 3.68. The molecule has 0 N–H and O–H groups in total. The Bertz CT molecular complexity index is 164. The molecule has 0 aliphatic carbocycles. The normalized spacial score (nSPS) is 25.4. The molecule has 0 aromatic rings. The molecule has 1 aliphatic rings. The van der Waals surface area contributed by atoms with Crippen LogP contribution in [0.1, 0.15) is 6.42 Å². The molecule has 1 aliphatic heterocycles. The second kappa shape index (κ2) is 4.61. The summed E-state index contributed by atoms with van der Waals surface area (Å²) in [5, 5.41) is 0.662. The highest BCUT2D eigenvalue weighted by Gasteiger charge is 2.41. The summed E-state index contributed by atoms with van der Waals surface area (Å²) in [6.07, 6.45) is -4.00. The molecule has 0 amide bonds. The van der Waals surface area contributed by atoms with Gasteiger partial charge in [-0.1, -0.05) is 15.9 Å². The molecule has 78 valence electrons. The number of nitrogens with zero attached hydrogens (tertiary/aromatic N) is 1. The van der Waals surface area contributed by atoms with Crippen molar-refractivity contribution in [3.63, 3.8) is 0 Å². The van der Waals surface area contributed by atoms with E-state index in [1.54, 1.807) is 0 Å². The van der Waals surface area contributed by atoms with Crippen molar-refractivity contribution in [2.75, 3.05) is 25.0 Å². The zero-order valence-corrected chi connectivity index (χ0v) is 8.57. The Morgan fingerprint density at radius 2 is 2.15 bits per heavy atom. The van der Waals surface area contributed by atoms with Gasteiger partial charge in [0.05, 0.1) is 12.7 Å². The largest absolute Gasteiger partial charge is 0.460 e. The van der Waals surface area contributed by atoms with Gasteiger partial charge in [0, 0.05) is 18.4 Å². The molecular weight excluding hydrogens is 251 g/mol. The zero-order valence-electron chi connectivity index (χ0n) is 6.98. The summed E-state index contributed by atoms with van der Waals surface area (Å²) in [7, 11) is 0. The van der Waals surface area contributed by atoms with E-state index in [2.05, 4.69) is 15.9 Å². The van der Waals surface area contributed by atoms with Crippen molar-refractivity contribution < 1.29 is 17.9 Å². The van der Waals surface area contributed by atoms with Crippen molar-refractivity contribution in [1.29, 1.82) is 0 Å². The Labute approximate surface area is 83.2 Å². The van der Waals surface area contributed by atoms with Gasteiger partial charge < -0.3 is 4.74 Å². The van der Waals surface area contributed by atoms with Crippen LogP contribution in [0, 0.1) is 0 Å². The summed E-state index contributed by atoms with van der Waals surface area (Å²) in [5.74, 6) is 0. The van der Waals surface area contributed by atoms with Gasteiger partial charge in [-0.2, -0.15) is 13.2 Å². The molecule has 6 heteroatoms. The molecule has 1 fully saturated rings. The van der Waals surface area contributed by atoms with Crippen molar-refractivity contribution in [3.05, 3.63) is 0 Å². The highest BCUT2D eigenvalue weighted by atomic mass is 79.9. The Morgan fingerprint density at radius 1 is 1.46 bits per heavy atom. The maximum atomic E-state index is 12.1. The second-order valence-electron chi connectivity index (χ2n) is 2.88. The minimum absolute atomic E-state index is 0.0312. The lowest BCUT2D eigenvalue weighted by Gasteiger charge is -2.18. The van der Waals surface area contributed by atoms with E-state index in [1.165, 1.54) is 0 Å². The van der Waals surface area contributed by atoms with Crippen LogP contribution >= 0.6 is 15.9 Å². The number of hydrogen-bond donors (Lipinski definition) is 0. The first-order chi connectivity index (χ1) is 6.04. The zero-order chi connectivity index (χ0) is 9.90. The van der Waals surface area contributed by atoms with E-state index in [0.29, 0.717) is 23.3 Å². The maximum Gasteiger partial charge on any atom is 0.460 e. The number of ether oxygens (including phenoxy) is 1. The first-order valence-electron chi connectivity index (χ1n) is 4.03. The number of hydrogen-bond acceptors (Lipinski definition) is 2. The highest BCUT2D eigenvalue weighted by Crippen LogP contribution is 2.26. The van der Waals surface area contributed by atoms with Gasteiger partial charge in [-0.05, 0) is 6.42 Å². The van der Waals surface area contributed by atoms with Crippen LogP contribution in [-0.4, -0.2) is 42.3 Å². The van der Waals surface area contributed by atoms with Crippen LogP contribution in [0.4, 0.5) is 13.2 Å². The lowest BCUT2D eigenvalue weighted by atomic mass is 10.3. The van der Waals surface area contributed by atoms with Crippen LogP contribution in [0.25, 0.3) is 0 Å². The third-order valence-corrected chi connectivity index (χ3v) is 2.26. The summed E-state index contributed by atoms with van der Waals surface area (Å²) in [6.45, 7) is 0.489. The Balaban J connectivity index is 2.28. The van der Waals surface area contributed by atoms with Gasteiger partial charge in [0.2, 0.25) is 0 Å². The van der Waals surface area contributed by atoms with Gasteiger partial charge in [-0.3, -0.25) is 0 Å². The molecule has 0 saturated carbocycles. The van der Waals surface area contributed by atoms with Crippen LogP contribution < -0.4 is 0 Å². The quantitative estimate of drug-likeness (QED) is 0.569. The predicted octanol–water partition coefficient (Wildman–Crippen LogP) is 1.99. The average molecular weight is 262 g/mol. The topological polar surface area (TPSA) is 12.5 Å². The molecule has 0 bridgehead atoms. The van der Waals surface area contributed by atoms with Crippen molar-refractivity contribution in [3.8, 4) is 0 Å². The third kappa shape index (κ3) is 3.44. The number of likely N-dealkylation sites (tertiary alicyclic amines) is 1. The first kappa shape index (κ1) is 11.3. The third-order valence-electron chi connectivity index (χ3n) is 1.93. The van der Waals surface area contributed by atoms with Gasteiger partial charge in [-0.15, -0.1) is 0 Å². The molecule has 0 unspecified atom stereocenters. The van der Waals surface area contributed by atoms with E-state index >= 15 is 0 Å². The fourth-order valence-corrected chi connectivity index (χ4v) is 1.49. The van der Waals surface area contributed by atoms with E-state index in [-0.39, 0.29) is 19.2 Å². The lowest BCUT2D eigenvalue weighted by Crippen LogP contribution is -2.36. The Hall–Kier alpha value is 0.190. The summed E-state index contributed by atoms with van der Waals surface area (Å²) in [6, 6.07) is 0. The van der Waals surface area contributed by atoms with E-state index in [4.69, 9.17) is 4.74 Å². The first-order valence-corrected chi connectivity index (χ1v) is 5.15. The molecule has 13 heavy (non-hydrogen) atoms. The number of rotatable bonds is 3. The molecule has 1 rings (SSSR count). The van der Waals surface area contributed by atoms with Crippen molar-refractivity contribution in [2.24, 2.45) is 0 Å². The summed E-state index contributed by atoms with van der Waals surface area (Å²) in [4.78, 5) is 0.492. The number of alkyl halides is 4. The molecule has 0 spiro atoms. The smallest absolute Gasteiger partial charge is 0.376 e. The molecule has 0 radical (unpaired) electrons. The molecule has 1 heterocycles. The van der Waals surface area contributed by atoms with Gasteiger partial charge in [0.25, 0.3) is 0 Å². The molecule has 2 nitrogen and oxygen atoms in total. The molecule has 0 aromatic carbocycles. The van der Waals surface area contributed by atoms with Crippen LogP contribution in [-0.2, 0) is 4.74 Å². The van der Waals surface area contributed by atoms with E-state index in [0.717, 1.165) is 0 Å². The summed E-state index contributed by atoms with van der Waals surface area (Å²) >= 11 is 3.15. The minimum atomic E-state index is -4.20. The standard InChI is InChI=1S/C7H11BrF3NO/c8-2-4-13-6-1-3-12(5-6)7(9,10)11/h6H,1-5H2/t6-/m0/s1. The maximum absolute atomic E-state index is 12.1. The minimum Gasteiger partial charge on any atom is -0.376 e. The molecule has 0 aromatic heterocycles. The van der Waals surface area contributed by atoms with E-state index in [1.807, 2.05) is 0 Å². The Kier molecular flexibility index (Phi) is 4.00. The molecule has 1 saturated heterocycles. The van der Waals surface area contributed by atoms with Crippen molar-refractivity contribution in [1.82, 2.24) is 4.90 Å². The average Bonchev–Trinajstić information content (AvgIpc) is 2.47. The van der Waals surface area contributed by atoms with Crippen LogP contribution in [0.5, 0.6) is 0 Å². The summed E-state index contributed by atoms with van der Waals surface area (Å²) < 4.78 is 41.5. The molecular formula is C7H11BrF3NO.